The average molecular weight is 411 g/mol. The van der Waals surface area contributed by atoms with Crippen LogP contribution in [0.3, 0.4) is 0 Å². The maximum Gasteiger partial charge on any atom is 0.416 e. The van der Waals surface area contributed by atoms with E-state index in [-0.39, 0.29) is 48.3 Å². The van der Waals surface area contributed by atoms with Crippen LogP contribution in [-0.2, 0) is 16.1 Å². The normalized spacial score (nSPS) is 18.0. The van der Waals surface area contributed by atoms with Gasteiger partial charge in [-0.1, -0.05) is 0 Å². The van der Waals surface area contributed by atoms with Crippen LogP contribution in [0.4, 0.5) is 29.5 Å². The van der Waals surface area contributed by atoms with Gasteiger partial charge in [0.05, 0.1) is 24.3 Å². The van der Waals surface area contributed by atoms with Crippen molar-refractivity contribution in [1.29, 1.82) is 0 Å². The molecule has 1 unspecified atom stereocenters. The van der Waals surface area contributed by atoms with Crippen molar-refractivity contribution in [2.45, 2.75) is 19.0 Å². The Hall–Kier alpha value is -3.44. The molecule has 154 valence electrons. The van der Waals surface area contributed by atoms with Crippen molar-refractivity contribution in [2.75, 3.05) is 30.0 Å². The number of anilines is 2. The molecule has 0 saturated carbocycles. The van der Waals surface area contributed by atoms with E-state index in [2.05, 4.69) is 10.3 Å². The molecule has 9 nitrogen and oxygen atoms in total. The largest absolute Gasteiger partial charge is 0.488 e. The minimum Gasteiger partial charge on any atom is -0.488 e. The first-order chi connectivity index (χ1) is 13.9. The number of halogens is 3. The number of alkyl halides is 2. The summed E-state index contributed by atoms with van der Waals surface area (Å²) in [5, 5.41) is 2.57. The van der Waals surface area contributed by atoms with Crippen LogP contribution in [0, 0.1) is 5.82 Å². The molecule has 0 spiro atoms. The molecule has 12 heteroatoms. The van der Waals surface area contributed by atoms with E-state index in [0.717, 1.165) is 4.90 Å². The molecule has 0 bridgehead atoms. The van der Waals surface area contributed by atoms with Crippen molar-refractivity contribution in [1.82, 2.24) is 9.55 Å². The average Bonchev–Trinajstić information content (AvgIpc) is 3.20. The summed E-state index contributed by atoms with van der Waals surface area (Å²) in [7, 11) is 0. The van der Waals surface area contributed by atoms with Crippen molar-refractivity contribution in [3.05, 3.63) is 24.1 Å². The molecule has 2 aliphatic rings. The number of nitrogens with one attached hydrogen (secondary N) is 1. The zero-order chi connectivity index (χ0) is 20.7. The van der Waals surface area contributed by atoms with Crippen molar-refractivity contribution in [2.24, 2.45) is 5.73 Å². The molecule has 0 radical (unpaired) electrons. The number of carbonyl (C=O) groups excluding carboxylic acids is 2. The molecule has 1 fully saturated rings. The number of carbonyl (C=O) groups is 2. The van der Waals surface area contributed by atoms with Crippen LogP contribution in [0.5, 0.6) is 5.75 Å². The molecule has 1 saturated heterocycles. The van der Waals surface area contributed by atoms with Gasteiger partial charge in [-0.3, -0.25) is 4.79 Å². The molecule has 3 heterocycles. The summed E-state index contributed by atoms with van der Waals surface area (Å²) in [4.78, 5) is 27.9. The molecule has 29 heavy (non-hydrogen) atoms. The highest BCUT2D eigenvalue weighted by Gasteiger charge is 2.42. The van der Waals surface area contributed by atoms with Crippen molar-refractivity contribution in [3.8, 4) is 17.1 Å². The minimum atomic E-state index is -2.81. The molecular formula is C17H16F3N5O4. The lowest BCUT2D eigenvalue weighted by Gasteiger charge is -2.17. The molecule has 1 atom stereocenters. The SMILES string of the molecule is NC(=O)CNc1ccc2c(c1F)OCCn1cc(N3C(=O)OCC3C(F)F)nc1-2. The monoisotopic (exact) mass is 411 g/mol. The van der Waals surface area contributed by atoms with Gasteiger partial charge in [-0.15, -0.1) is 0 Å². The molecule has 2 aliphatic heterocycles. The predicted molar refractivity (Wildman–Crippen MR) is 94.4 cm³/mol. The zero-order valence-electron chi connectivity index (χ0n) is 14.9. The highest BCUT2D eigenvalue weighted by molar-refractivity contribution is 5.89. The van der Waals surface area contributed by atoms with Gasteiger partial charge in [0.2, 0.25) is 5.91 Å². The van der Waals surface area contributed by atoms with Crippen molar-refractivity contribution < 1.29 is 32.2 Å². The minimum absolute atomic E-state index is 0.0167. The van der Waals surface area contributed by atoms with E-state index in [1.807, 2.05) is 0 Å². The van der Waals surface area contributed by atoms with Crippen LogP contribution in [0.2, 0.25) is 0 Å². The first-order valence-corrected chi connectivity index (χ1v) is 8.66. The van der Waals surface area contributed by atoms with E-state index < -0.39 is 36.9 Å². The Morgan fingerprint density at radius 3 is 2.90 bits per heavy atom. The number of hydrogen-bond donors (Lipinski definition) is 2. The zero-order valence-corrected chi connectivity index (χ0v) is 14.9. The van der Waals surface area contributed by atoms with Gasteiger partial charge in [0.15, 0.2) is 17.4 Å². The number of imidazole rings is 1. The number of aromatic nitrogens is 2. The molecule has 2 aromatic rings. The van der Waals surface area contributed by atoms with Gasteiger partial charge in [-0.05, 0) is 12.1 Å². The molecular weight excluding hydrogens is 395 g/mol. The van der Waals surface area contributed by atoms with Gasteiger partial charge in [-0.25, -0.2) is 27.8 Å². The summed E-state index contributed by atoms with van der Waals surface area (Å²) in [5.74, 6) is -1.28. The topological polar surface area (TPSA) is 112 Å². The number of cyclic esters (lactones) is 1. The molecule has 2 amide bonds. The second-order valence-corrected chi connectivity index (χ2v) is 6.44. The first kappa shape index (κ1) is 18.9. The lowest BCUT2D eigenvalue weighted by atomic mass is 10.1. The smallest absolute Gasteiger partial charge is 0.416 e. The number of rotatable bonds is 5. The third kappa shape index (κ3) is 3.30. The van der Waals surface area contributed by atoms with Gasteiger partial charge >= 0.3 is 6.09 Å². The standard InChI is InChI=1S/C17H16F3N5O4/c18-13-9(22-5-11(21)26)2-1-8-14(13)28-4-3-24-6-12(23-16(8)24)25-10(15(19)20)7-29-17(25)27/h1-2,6,10,15,22H,3-5,7H2,(H2,21,26). The van der Waals surface area contributed by atoms with E-state index in [9.17, 15) is 22.8 Å². The summed E-state index contributed by atoms with van der Waals surface area (Å²) in [6.45, 7) is -0.375. The van der Waals surface area contributed by atoms with Gasteiger partial charge in [0.25, 0.3) is 6.43 Å². The number of fused-ring (bicyclic) bond motifs is 3. The van der Waals surface area contributed by atoms with E-state index >= 15 is 0 Å². The Morgan fingerprint density at radius 2 is 2.17 bits per heavy atom. The Kier molecular flexibility index (Phi) is 4.68. The van der Waals surface area contributed by atoms with E-state index in [0.29, 0.717) is 0 Å². The summed E-state index contributed by atoms with van der Waals surface area (Å²) in [6, 6.07) is 1.45. The Labute approximate surface area is 162 Å². The second-order valence-electron chi connectivity index (χ2n) is 6.44. The van der Waals surface area contributed by atoms with E-state index in [1.54, 1.807) is 4.57 Å². The summed E-state index contributed by atoms with van der Waals surface area (Å²) < 4.78 is 53.2. The second kappa shape index (κ2) is 7.18. The quantitative estimate of drug-likeness (QED) is 0.773. The van der Waals surface area contributed by atoms with Gasteiger partial charge < -0.3 is 25.1 Å². The molecule has 0 aliphatic carbocycles. The summed E-state index contributed by atoms with van der Waals surface area (Å²) >= 11 is 0. The molecule has 4 rings (SSSR count). The third-order valence-corrected chi connectivity index (χ3v) is 4.58. The maximum absolute atomic E-state index is 14.9. The summed E-state index contributed by atoms with van der Waals surface area (Å²) in [5.41, 5.74) is 5.35. The number of ether oxygens (including phenoxy) is 2. The number of nitrogens with zero attached hydrogens (tertiary/aromatic N) is 3. The third-order valence-electron chi connectivity index (χ3n) is 4.58. The van der Waals surface area contributed by atoms with Crippen LogP contribution in [0.15, 0.2) is 18.3 Å². The van der Waals surface area contributed by atoms with Crippen LogP contribution < -0.4 is 20.7 Å². The van der Waals surface area contributed by atoms with Crippen molar-refractivity contribution in [3.63, 3.8) is 0 Å². The Bertz CT molecular complexity index is 980. The highest BCUT2D eigenvalue weighted by Crippen LogP contribution is 2.39. The van der Waals surface area contributed by atoms with Crippen LogP contribution in [0.1, 0.15) is 0 Å². The van der Waals surface area contributed by atoms with Crippen LogP contribution in [0.25, 0.3) is 11.4 Å². The molecule has 1 aromatic heterocycles. The van der Waals surface area contributed by atoms with Crippen LogP contribution in [-0.4, -0.2) is 53.8 Å². The first-order valence-electron chi connectivity index (χ1n) is 8.66. The van der Waals surface area contributed by atoms with Crippen molar-refractivity contribution >= 4 is 23.5 Å². The fourth-order valence-corrected chi connectivity index (χ4v) is 3.23. The van der Waals surface area contributed by atoms with E-state index in [1.165, 1.54) is 18.3 Å². The fraction of sp³-hybridized carbons (Fsp3) is 0.353. The van der Waals surface area contributed by atoms with Gasteiger partial charge in [-0.2, -0.15) is 0 Å². The number of amides is 2. The fourth-order valence-electron chi connectivity index (χ4n) is 3.23. The van der Waals surface area contributed by atoms with Gasteiger partial charge in [0.1, 0.15) is 25.1 Å². The lowest BCUT2D eigenvalue weighted by Crippen LogP contribution is -2.38. The predicted octanol–water partition coefficient (Wildman–Crippen LogP) is 1.57. The number of benzene rings is 1. The Morgan fingerprint density at radius 1 is 1.38 bits per heavy atom. The van der Waals surface area contributed by atoms with Gasteiger partial charge in [0, 0.05) is 6.20 Å². The summed E-state index contributed by atoms with van der Waals surface area (Å²) in [6.07, 6.45) is -2.31. The maximum atomic E-state index is 14.9. The highest BCUT2D eigenvalue weighted by atomic mass is 19.3. The Balaban J connectivity index is 1.73. The number of nitrogens with two attached hydrogens (primary N) is 1. The molecule has 1 aromatic carbocycles. The van der Waals surface area contributed by atoms with Crippen LogP contribution >= 0.6 is 0 Å². The number of primary amides is 1. The molecule has 3 N–H and O–H groups in total. The van der Waals surface area contributed by atoms with E-state index in [4.69, 9.17) is 15.2 Å². The lowest BCUT2D eigenvalue weighted by molar-refractivity contribution is -0.116. The number of hydrogen-bond acceptors (Lipinski definition) is 6.